The van der Waals surface area contributed by atoms with E-state index in [1.165, 1.54) is 22.9 Å². The molecule has 0 bridgehead atoms. The highest BCUT2D eigenvalue weighted by molar-refractivity contribution is 5.83. The number of imidazole rings is 1. The molecule has 2 aliphatic rings. The van der Waals surface area contributed by atoms with Gasteiger partial charge in [0.1, 0.15) is 17.7 Å². The molecule has 0 aromatic carbocycles. The predicted molar refractivity (Wildman–Crippen MR) is 110 cm³/mol. The number of methoxy groups -OCH3 is 1. The number of carbonyl (C=O) groups is 2. The molecule has 2 fully saturated rings. The second kappa shape index (κ2) is 8.84. The van der Waals surface area contributed by atoms with E-state index in [0.29, 0.717) is 13.0 Å². The van der Waals surface area contributed by atoms with Gasteiger partial charge < -0.3 is 35.6 Å². The first-order valence-electron chi connectivity index (χ1n) is 10.5. The maximum absolute atomic E-state index is 12.4. The quantitative estimate of drug-likeness (QED) is 0.422. The average molecular weight is 449 g/mol. The number of nitrogens with zero attached hydrogens (tertiary/aromatic N) is 5. The van der Waals surface area contributed by atoms with E-state index < -0.39 is 36.5 Å². The van der Waals surface area contributed by atoms with Gasteiger partial charge in [-0.25, -0.2) is 19.7 Å². The van der Waals surface area contributed by atoms with Crippen molar-refractivity contribution in [2.24, 2.45) is 0 Å². The van der Waals surface area contributed by atoms with Gasteiger partial charge in [-0.3, -0.25) is 9.36 Å². The number of nitrogens with one attached hydrogen (secondary N) is 1. The normalized spacial score (nSPS) is 25.1. The van der Waals surface area contributed by atoms with E-state index in [9.17, 15) is 19.8 Å². The molecule has 2 unspecified atom stereocenters. The number of fused-ring (bicyclic) bond motifs is 1. The lowest BCUT2D eigenvalue weighted by molar-refractivity contribution is -0.137. The van der Waals surface area contributed by atoms with E-state index in [0.717, 1.165) is 12.8 Å². The van der Waals surface area contributed by atoms with E-state index in [1.807, 2.05) is 6.92 Å². The third-order valence-electron chi connectivity index (χ3n) is 5.45. The summed E-state index contributed by atoms with van der Waals surface area (Å²) in [5.74, 6) is -0.151. The number of hydrogen-bond acceptors (Lipinski definition) is 10. The summed E-state index contributed by atoms with van der Waals surface area (Å²) >= 11 is 0. The van der Waals surface area contributed by atoms with E-state index >= 15 is 0 Å². The number of anilines is 1. The van der Waals surface area contributed by atoms with Gasteiger partial charge in [0, 0.05) is 12.6 Å². The van der Waals surface area contributed by atoms with Crippen LogP contribution in [0.25, 0.3) is 11.2 Å². The zero-order valence-corrected chi connectivity index (χ0v) is 17.8. The number of ether oxygens (including phenoxy) is 2. The predicted octanol–water partition coefficient (Wildman–Crippen LogP) is -0.715. The van der Waals surface area contributed by atoms with E-state index in [-0.39, 0.29) is 35.4 Å². The van der Waals surface area contributed by atoms with Crippen LogP contribution in [0.3, 0.4) is 0 Å². The first kappa shape index (κ1) is 22.2. The van der Waals surface area contributed by atoms with Crippen LogP contribution >= 0.6 is 0 Å². The summed E-state index contributed by atoms with van der Waals surface area (Å²) in [6, 6.07) is 0.0829. The number of rotatable bonds is 7. The Morgan fingerprint density at radius 2 is 2.09 bits per heavy atom. The molecular weight excluding hydrogens is 422 g/mol. The number of nitrogen functional groups attached to an aromatic ring is 1. The maximum Gasteiger partial charge on any atom is 0.409 e. The first-order valence-corrected chi connectivity index (χ1v) is 10.5. The minimum atomic E-state index is -1.42. The van der Waals surface area contributed by atoms with E-state index in [4.69, 9.17) is 15.2 Å². The Morgan fingerprint density at radius 1 is 1.34 bits per heavy atom. The molecule has 1 saturated heterocycles. The zero-order valence-electron chi connectivity index (χ0n) is 17.8. The Labute approximate surface area is 183 Å². The Bertz CT molecular complexity index is 1010. The molecule has 13 nitrogen and oxygen atoms in total. The minimum Gasteiger partial charge on any atom is -0.453 e. The van der Waals surface area contributed by atoms with Crippen LogP contribution in [0.15, 0.2) is 6.33 Å². The van der Waals surface area contributed by atoms with Gasteiger partial charge in [0.2, 0.25) is 0 Å². The van der Waals surface area contributed by atoms with Crippen molar-refractivity contribution in [1.29, 1.82) is 0 Å². The van der Waals surface area contributed by atoms with E-state index in [2.05, 4.69) is 20.3 Å². The van der Waals surface area contributed by atoms with Gasteiger partial charge in [-0.2, -0.15) is 0 Å². The summed E-state index contributed by atoms with van der Waals surface area (Å²) in [7, 11) is 1.29. The first-order chi connectivity index (χ1) is 15.3. The van der Waals surface area contributed by atoms with Crippen LogP contribution in [0, 0.1) is 0 Å². The standard InChI is InChI=1S/C19H27N7O6/c1-3-6-25(19(30)31-2)7-10-23-15(20)11-16(24-10)26(8-21-11)18-13(28)12(27)14(32-18)17(29)22-9-4-5-9/h8-9,12-14,18,27-28H,3-7H2,1-2H3,(H,22,29)(H2,20,23,24)/t12?,13?,14-,18+/m0/s1. The van der Waals surface area contributed by atoms with Crippen LogP contribution in [0.2, 0.25) is 0 Å². The van der Waals surface area contributed by atoms with Gasteiger partial charge in [-0.15, -0.1) is 0 Å². The monoisotopic (exact) mass is 449 g/mol. The van der Waals surface area contributed by atoms with Crippen molar-refractivity contribution in [3.05, 3.63) is 12.2 Å². The number of hydrogen-bond donors (Lipinski definition) is 4. The lowest BCUT2D eigenvalue weighted by Gasteiger charge is -2.20. The molecule has 174 valence electrons. The van der Waals surface area contributed by atoms with Crippen LogP contribution in [-0.4, -0.2) is 84.6 Å². The van der Waals surface area contributed by atoms with Crippen molar-refractivity contribution < 1.29 is 29.3 Å². The van der Waals surface area contributed by atoms with Crippen molar-refractivity contribution in [2.45, 2.75) is 63.3 Å². The van der Waals surface area contributed by atoms with E-state index in [1.54, 1.807) is 0 Å². The summed E-state index contributed by atoms with van der Waals surface area (Å²) < 4.78 is 11.9. The Balaban J connectivity index is 1.61. The summed E-state index contributed by atoms with van der Waals surface area (Å²) in [6.45, 7) is 2.40. The molecular formula is C19H27N7O6. The summed E-state index contributed by atoms with van der Waals surface area (Å²) in [6.07, 6.45) is -1.86. The van der Waals surface area contributed by atoms with Crippen molar-refractivity contribution >= 4 is 29.0 Å². The van der Waals surface area contributed by atoms with Crippen LogP contribution < -0.4 is 11.1 Å². The summed E-state index contributed by atoms with van der Waals surface area (Å²) in [5, 5.41) is 23.7. The van der Waals surface area contributed by atoms with Gasteiger partial charge in [-0.05, 0) is 19.3 Å². The molecule has 5 N–H and O–H groups in total. The highest BCUT2D eigenvalue weighted by atomic mass is 16.6. The molecule has 1 saturated carbocycles. The minimum absolute atomic E-state index is 0.0506. The Kier molecular flexibility index (Phi) is 6.13. The van der Waals surface area contributed by atoms with Crippen molar-refractivity contribution in [1.82, 2.24) is 29.7 Å². The Morgan fingerprint density at radius 3 is 2.75 bits per heavy atom. The lowest BCUT2D eigenvalue weighted by Crippen LogP contribution is -2.43. The van der Waals surface area contributed by atoms with Crippen molar-refractivity contribution in [2.75, 3.05) is 19.4 Å². The zero-order chi connectivity index (χ0) is 23.0. The topological polar surface area (TPSA) is 178 Å². The molecule has 2 aromatic heterocycles. The molecule has 1 aliphatic heterocycles. The molecule has 1 aliphatic carbocycles. The third-order valence-corrected chi connectivity index (χ3v) is 5.45. The number of carbonyl (C=O) groups excluding carboxylic acids is 2. The number of aliphatic hydroxyl groups excluding tert-OH is 2. The SMILES string of the molecule is CCCN(Cc1nc(N)c2ncn([C@@H]3O[C@H](C(=O)NC4CC4)C(O)C3O)c2n1)C(=O)OC. The molecule has 0 spiro atoms. The van der Waals surface area contributed by atoms with Gasteiger partial charge in [0.25, 0.3) is 5.91 Å². The number of amides is 2. The highest BCUT2D eigenvalue weighted by Gasteiger charge is 2.48. The van der Waals surface area contributed by atoms with Gasteiger partial charge >= 0.3 is 6.09 Å². The average Bonchev–Trinajstić information content (AvgIpc) is 3.40. The fraction of sp³-hybridized carbons (Fsp3) is 0.632. The molecule has 13 heteroatoms. The van der Waals surface area contributed by atoms with Crippen LogP contribution in [-0.2, 0) is 20.8 Å². The van der Waals surface area contributed by atoms with Crippen LogP contribution in [0.4, 0.5) is 10.6 Å². The molecule has 4 atom stereocenters. The Hall–Kier alpha value is -3.03. The van der Waals surface area contributed by atoms with Gasteiger partial charge in [-0.1, -0.05) is 6.92 Å². The highest BCUT2D eigenvalue weighted by Crippen LogP contribution is 2.33. The molecule has 4 rings (SSSR count). The lowest BCUT2D eigenvalue weighted by atomic mass is 10.1. The summed E-state index contributed by atoms with van der Waals surface area (Å²) in [5.41, 5.74) is 6.56. The largest absolute Gasteiger partial charge is 0.453 e. The molecule has 2 amide bonds. The second-order valence-electron chi connectivity index (χ2n) is 7.95. The van der Waals surface area contributed by atoms with Crippen LogP contribution in [0.5, 0.6) is 0 Å². The van der Waals surface area contributed by atoms with Crippen molar-refractivity contribution in [3.8, 4) is 0 Å². The number of aromatic nitrogens is 4. The smallest absolute Gasteiger partial charge is 0.409 e. The fourth-order valence-corrected chi connectivity index (χ4v) is 3.66. The van der Waals surface area contributed by atoms with Gasteiger partial charge in [0.15, 0.2) is 29.6 Å². The molecule has 3 heterocycles. The number of nitrogens with two attached hydrogens (primary N) is 1. The molecule has 32 heavy (non-hydrogen) atoms. The maximum atomic E-state index is 12.4. The molecule has 2 aromatic rings. The molecule has 0 radical (unpaired) electrons. The number of aliphatic hydroxyl groups is 2. The van der Waals surface area contributed by atoms with Crippen molar-refractivity contribution in [3.63, 3.8) is 0 Å². The van der Waals surface area contributed by atoms with Gasteiger partial charge in [0.05, 0.1) is 20.0 Å². The third kappa shape index (κ3) is 4.18. The van der Waals surface area contributed by atoms with Crippen LogP contribution in [0.1, 0.15) is 38.2 Å². The second-order valence-corrected chi connectivity index (χ2v) is 7.95. The summed E-state index contributed by atoms with van der Waals surface area (Å²) in [4.78, 5) is 38.7. The fourth-order valence-electron chi connectivity index (χ4n) is 3.66.